The number of nitrogens with one attached hydrogen (secondary N) is 1. The Bertz CT molecular complexity index is 760. The van der Waals surface area contributed by atoms with Gasteiger partial charge in [-0.3, -0.25) is 4.79 Å². The summed E-state index contributed by atoms with van der Waals surface area (Å²) in [6.45, 7) is 0. The van der Waals surface area contributed by atoms with E-state index in [1.54, 1.807) is 31.4 Å². The highest BCUT2D eigenvalue weighted by Crippen LogP contribution is 2.32. The van der Waals surface area contributed by atoms with Crippen molar-refractivity contribution in [2.45, 2.75) is 6.42 Å². The predicted molar refractivity (Wildman–Crippen MR) is 97.0 cm³/mol. The Labute approximate surface area is 151 Å². The minimum atomic E-state index is -0.238. The fraction of sp³-hybridized carbons (Fsp3) is 0.222. The Hall–Kier alpha value is -2.73. The molecule has 0 saturated heterocycles. The third-order valence-corrected chi connectivity index (χ3v) is 3.75. The van der Waals surface area contributed by atoms with Gasteiger partial charge in [-0.15, -0.1) is 0 Å². The number of carbonyl (C=O) groups is 1. The lowest BCUT2D eigenvalue weighted by Crippen LogP contribution is -2.19. The molecule has 1 amide bonds. The van der Waals surface area contributed by atoms with Crippen molar-refractivity contribution >= 4 is 23.7 Å². The highest BCUT2D eigenvalue weighted by molar-refractivity contribution is 6.33. The zero-order valence-corrected chi connectivity index (χ0v) is 15.0. The van der Waals surface area contributed by atoms with Crippen molar-refractivity contribution in [2.24, 2.45) is 5.10 Å². The number of amides is 1. The average Bonchev–Trinajstić information content (AvgIpc) is 2.63. The van der Waals surface area contributed by atoms with Gasteiger partial charge in [-0.1, -0.05) is 23.7 Å². The first-order valence-corrected chi connectivity index (χ1v) is 7.81. The van der Waals surface area contributed by atoms with Crippen LogP contribution in [0.15, 0.2) is 41.5 Å². The lowest BCUT2D eigenvalue weighted by atomic mass is 10.1. The number of halogens is 1. The van der Waals surface area contributed by atoms with Crippen molar-refractivity contribution in [3.05, 3.63) is 52.5 Å². The second-order valence-electron chi connectivity index (χ2n) is 5.05. The third kappa shape index (κ3) is 5.12. The predicted octanol–water partition coefficient (Wildman–Crippen LogP) is 3.06. The van der Waals surface area contributed by atoms with Crippen LogP contribution in [0.3, 0.4) is 0 Å². The van der Waals surface area contributed by atoms with Crippen molar-refractivity contribution in [3.8, 4) is 17.2 Å². The van der Waals surface area contributed by atoms with Crippen LogP contribution in [-0.2, 0) is 11.2 Å². The highest BCUT2D eigenvalue weighted by Gasteiger charge is 2.09. The molecule has 132 valence electrons. The SMILES string of the molecule is COc1ccc(CC(=O)N/N=C/c2cc(OC)c(OC)cc2Cl)cc1. The lowest BCUT2D eigenvalue weighted by Gasteiger charge is -2.09. The second-order valence-corrected chi connectivity index (χ2v) is 5.45. The summed E-state index contributed by atoms with van der Waals surface area (Å²) in [5.41, 5.74) is 3.93. The molecule has 0 aliphatic heterocycles. The summed E-state index contributed by atoms with van der Waals surface area (Å²) in [5.74, 6) is 1.55. The van der Waals surface area contributed by atoms with Crippen LogP contribution in [0.25, 0.3) is 0 Å². The molecule has 0 aliphatic carbocycles. The highest BCUT2D eigenvalue weighted by atomic mass is 35.5. The number of hydrogen-bond donors (Lipinski definition) is 1. The van der Waals surface area contributed by atoms with E-state index in [9.17, 15) is 4.79 Å². The topological polar surface area (TPSA) is 69.2 Å². The molecule has 0 saturated carbocycles. The molecule has 2 aromatic carbocycles. The monoisotopic (exact) mass is 362 g/mol. The Morgan fingerprint density at radius 3 is 2.32 bits per heavy atom. The van der Waals surface area contributed by atoms with Gasteiger partial charge >= 0.3 is 0 Å². The molecule has 0 unspecified atom stereocenters. The van der Waals surface area contributed by atoms with Gasteiger partial charge in [-0.25, -0.2) is 5.43 Å². The third-order valence-electron chi connectivity index (χ3n) is 3.42. The average molecular weight is 363 g/mol. The fourth-order valence-electron chi connectivity index (χ4n) is 2.11. The lowest BCUT2D eigenvalue weighted by molar-refractivity contribution is -0.120. The van der Waals surface area contributed by atoms with Gasteiger partial charge in [-0.05, 0) is 23.8 Å². The van der Waals surface area contributed by atoms with Gasteiger partial charge in [-0.2, -0.15) is 5.10 Å². The summed E-state index contributed by atoms with van der Waals surface area (Å²) in [6, 6.07) is 10.6. The molecule has 0 atom stereocenters. The maximum Gasteiger partial charge on any atom is 0.244 e. The van der Waals surface area contributed by atoms with Crippen molar-refractivity contribution in [1.82, 2.24) is 5.43 Å². The second kappa shape index (κ2) is 8.94. The standard InChI is InChI=1S/C18H19ClN2O4/c1-23-14-6-4-12(5-7-14)8-18(22)21-20-11-13-9-16(24-2)17(25-3)10-15(13)19/h4-7,9-11H,8H2,1-3H3,(H,21,22)/b20-11+. The van der Waals surface area contributed by atoms with Gasteiger partial charge in [0.2, 0.25) is 5.91 Å². The fourth-order valence-corrected chi connectivity index (χ4v) is 2.31. The van der Waals surface area contributed by atoms with Crippen LogP contribution < -0.4 is 19.6 Å². The van der Waals surface area contributed by atoms with Crippen molar-refractivity contribution in [1.29, 1.82) is 0 Å². The first kappa shape index (κ1) is 18.6. The number of rotatable bonds is 7. The van der Waals surface area contributed by atoms with Crippen LogP contribution in [0.4, 0.5) is 0 Å². The van der Waals surface area contributed by atoms with Crippen molar-refractivity contribution in [3.63, 3.8) is 0 Å². The summed E-state index contributed by atoms with van der Waals surface area (Å²) in [7, 11) is 4.65. The van der Waals surface area contributed by atoms with Crippen molar-refractivity contribution < 1.29 is 19.0 Å². The maximum absolute atomic E-state index is 11.9. The Morgan fingerprint density at radius 2 is 1.72 bits per heavy atom. The molecule has 2 aromatic rings. The van der Waals surface area contributed by atoms with E-state index in [0.29, 0.717) is 22.1 Å². The molecule has 0 aromatic heterocycles. The molecule has 6 nitrogen and oxygen atoms in total. The normalized spacial score (nSPS) is 10.6. The number of hydrogen-bond acceptors (Lipinski definition) is 5. The molecule has 25 heavy (non-hydrogen) atoms. The van der Waals surface area contributed by atoms with Crippen LogP contribution in [0.5, 0.6) is 17.2 Å². The molecular formula is C18H19ClN2O4. The Morgan fingerprint density at radius 1 is 1.08 bits per heavy atom. The molecule has 0 bridgehead atoms. The molecule has 0 spiro atoms. The summed E-state index contributed by atoms with van der Waals surface area (Å²) in [5, 5.41) is 4.37. The van der Waals surface area contributed by atoms with Crippen LogP contribution in [0.2, 0.25) is 5.02 Å². The van der Waals surface area contributed by atoms with Crippen LogP contribution in [0, 0.1) is 0 Å². The zero-order valence-electron chi connectivity index (χ0n) is 14.2. The molecular weight excluding hydrogens is 344 g/mol. The maximum atomic E-state index is 11.9. The zero-order chi connectivity index (χ0) is 18.2. The van der Waals surface area contributed by atoms with E-state index >= 15 is 0 Å². The number of carbonyl (C=O) groups excluding carboxylic acids is 1. The van der Waals surface area contributed by atoms with Gasteiger partial charge in [0, 0.05) is 11.6 Å². The first-order chi connectivity index (χ1) is 12.1. The quantitative estimate of drug-likeness (QED) is 0.607. The molecule has 0 aliphatic rings. The number of methoxy groups -OCH3 is 3. The van der Waals surface area contributed by atoms with Gasteiger partial charge in [0.15, 0.2) is 11.5 Å². The minimum absolute atomic E-state index is 0.209. The Kier molecular flexibility index (Phi) is 6.65. The van der Waals surface area contributed by atoms with E-state index in [4.69, 9.17) is 25.8 Å². The van der Waals surface area contributed by atoms with E-state index in [1.165, 1.54) is 20.4 Å². The van der Waals surface area contributed by atoms with Gasteiger partial charge in [0.25, 0.3) is 0 Å². The number of nitrogens with zero attached hydrogens (tertiary/aromatic N) is 1. The summed E-state index contributed by atoms with van der Waals surface area (Å²) < 4.78 is 15.5. The Balaban J connectivity index is 1.98. The number of benzene rings is 2. The summed E-state index contributed by atoms with van der Waals surface area (Å²) >= 11 is 6.16. The number of hydrazone groups is 1. The van der Waals surface area contributed by atoms with Gasteiger partial charge < -0.3 is 14.2 Å². The molecule has 2 rings (SSSR count). The van der Waals surface area contributed by atoms with Gasteiger partial charge in [0.05, 0.1) is 39.0 Å². The molecule has 0 radical (unpaired) electrons. The van der Waals surface area contributed by atoms with E-state index in [2.05, 4.69) is 10.5 Å². The molecule has 1 N–H and O–H groups in total. The molecule has 0 heterocycles. The number of ether oxygens (including phenoxy) is 3. The van der Waals surface area contributed by atoms with E-state index < -0.39 is 0 Å². The smallest absolute Gasteiger partial charge is 0.244 e. The van der Waals surface area contributed by atoms with Crippen molar-refractivity contribution in [2.75, 3.05) is 21.3 Å². The first-order valence-electron chi connectivity index (χ1n) is 7.43. The summed E-state index contributed by atoms with van der Waals surface area (Å²) in [4.78, 5) is 11.9. The van der Waals surface area contributed by atoms with Gasteiger partial charge in [0.1, 0.15) is 5.75 Å². The largest absolute Gasteiger partial charge is 0.497 e. The molecule has 0 fully saturated rings. The molecule has 7 heteroatoms. The summed E-state index contributed by atoms with van der Waals surface area (Å²) in [6.07, 6.45) is 1.66. The minimum Gasteiger partial charge on any atom is -0.497 e. The van der Waals surface area contributed by atoms with E-state index in [0.717, 1.165) is 11.3 Å². The van der Waals surface area contributed by atoms with E-state index in [1.807, 2.05) is 12.1 Å². The van der Waals surface area contributed by atoms with Crippen LogP contribution in [-0.4, -0.2) is 33.5 Å². The van der Waals surface area contributed by atoms with E-state index in [-0.39, 0.29) is 12.3 Å². The van der Waals surface area contributed by atoms with Crippen LogP contribution >= 0.6 is 11.6 Å². The van der Waals surface area contributed by atoms with Crippen LogP contribution in [0.1, 0.15) is 11.1 Å².